The molecule has 0 heterocycles. The summed E-state index contributed by atoms with van der Waals surface area (Å²) in [6.07, 6.45) is 23.4. The second-order valence-corrected chi connectivity index (χ2v) is 15.5. The van der Waals surface area contributed by atoms with Gasteiger partial charge in [0.05, 0.1) is 23.0 Å². The molecule has 0 aromatic heterocycles. The molecule has 3 aliphatic rings. The van der Waals surface area contributed by atoms with Crippen molar-refractivity contribution in [2.45, 2.75) is 89.1 Å². The van der Waals surface area contributed by atoms with E-state index in [1.54, 1.807) is 6.07 Å². The van der Waals surface area contributed by atoms with E-state index in [1.165, 1.54) is 44.2 Å². The quantitative estimate of drug-likeness (QED) is 0.0698. The second kappa shape index (κ2) is 20.3. The van der Waals surface area contributed by atoms with Crippen LogP contribution >= 0.6 is 0 Å². The Morgan fingerprint density at radius 2 is 1.22 bits per heavy atom. The van der Waals surface area contributed by atoms with Crippen molar-refractivity contribution in [3.63, 3.8) is 0 Å². The van der Waals surface area contributed by atoms with Gasteiger partial charge in [-0.05, 0) is 136 Å². The highest BCUT2D eigenvalue weighted by Gasteiger charge is 2.40. The molecule has 3 aromatic carbocycles. The molecule has 3 fully saturated rings. The van der Waals surface area contributed by atoms with Crippen molar-refractivity contribution in [1.29, 1.82) is 0 Å². The van der Waals surface area contributed by atoms with E-state index in [9.17, 15) is 19.2 Å². The van der Waals surface area contributed by atoms with Crippen molar-refractivity contribution >= 4 is 23.9 Å². The zero-order valence-electron chi connectivity index (χ0n) is 33.3. The molecule has 59 heavy (non-hydrogen) atoms. The highest BCUT2D eigenvalue weighted by molar-refractivity contribution is 5.91. The summed E-state index contributed by atoms with van der Waals surface area (Å²) in [6, 6.07) is 19.8. The molecule has 0 spiro atoms. The predicted octanol–water partition coefficient (Wildman–Crippen LogP) is 8.71. The average molecular weight is 789 g/mol. The Kier molecular flexibility index (Phi) is 14.5. The standard InChI is InChI=1S/C51H48O8/c1-4-36-12-14-37(15-13-36)16-17-38-18-20-39(21-19-38)28-31-51(32-29-42(30-33-51)41-10-8-7-9-11-41)59-50(55)45-26-27-46(40(5-2)34-45)58-49(54)44-24-22-43(23-25-44)48(53)57-35-56-47(52)6-3/h1-2,6,12-15,18-21,26-27,34,41-44H,3,7-11,22-25,29-30,32-33,35H2. The van der Waals surface area contributed by atoms with Crippen LogP contribution in [0.5, 0.6) is 5.75 Å². The summed E-state index contributed by atoms with van der Waals surface area (Å²) >= 11 is 0. The van der Waals surface area contributed by atoms with Crippen LogP contribution in [0.15, 0.2) is 79.4 Å². The van der Waals surface area contributed by atoms with Gasteiger partial charge >= 0.3 is 23.9 Å². The largest absolute Gasteiger partial charge is 0.442 e. The second-order valence-electron chi connectivity index (χ2n) is 15.5. The molecular weight excluding hydrogens is 741 g/mol. The summed E-state index contributed by atoms with van der Waals surface area (Å²) in [5, 5.41) is 0. The monoisotopic (exact) mass is 788 g/mol. The Morgan fingerprint density at radius 3 is 1.80 bits per heavy atom. The van der Waals surface area contributed by atoms with Crippen molar-refractivity contribution in [2.75, 3.05) is 6.79 Å². The summed E-state index contributed by atoms with van der Waals surface area (Å²) in [5.41, 5.74) is 2.82. The number of rotatable bonds is 9. The van der Waals surface area contributed by atoms with Gasteiger partial charge in [0.25, 0.3) is 0 Å². The van der Waals surface area contributed by atoms with E-state index in [4.69, 9.17) is 31.8 Å². The van der Waals surface area contributed by atoms with E-state index < -0.39 is 48.1 Å². The fourth-order valence-electron chi connectivity index (χ4n) is 8.23. The number of carbonyl (C=O) groups is 4. The summed E-state index contributed by atoms with van der Waals surface area (Å²) in [5.74, 6) is 16.6. The van der Waals surface area contributed by atoms with E-state index in [1.807, 2.05) is 48.5 Å². The van der Waals surface area contributed by atoms with Crippen LogP contribution in [0.2, 0.25) is 0 Å². The van der Waals surface area contributed by atoms with Gasteiger partial charge in [-0.3, -0.25) is 9.59 Å². The van der Waals surface area contributed by atoms with Crippen LogP contribution in [0.25, 0.3) is 0 Å². The molecule has 8 heteroatoms. The fourth-order valence-corrected chi connectivity index (χ4v) is 8.23. The lowest BCUT2D eigenvalue weighted by Gasteiger charge is -2.40. The molecule has 0 saturated heterocycles. The normalized spacial score (nSPS) is 21.3. The molecule has 0 aliphatic heterocycles. The zero-order chi connectivity index (χ0) is 41.6. The van der Waals surface area contributed by atoms with Gasteiger partial charge in [0.1, 0.15) is 5.75 Å². The summed E-state index contributed by atoms with van der Waals surface area (Å²) in [6.45, 7) is 2.80. The van der Waals surface area contributed by atoms with Crippen molar-refractivity contribution < 1.29 is 38.1 Å². The van der Waals surface area contributed by atoms with E-state index in [2.05, 4.69) is 42.1 Å². The van der Waals surface area contributed by atoms with Crippen LogP contribution < -0.4 is 4.74 Å². The lowest BCUT2D eigenvalue weighted by Crippen LogP contribution is -2.39. The van der Waals surface area contributed by atoms with Gasteiger partial charge in [0, 0.05) is 28.3 Å². The van der Waals surface area contributed by atoms with Crippen molar-refractivity contribution in [3.05, 3.63) is 113 Å². The van der Waals surface area contributed by atoms with Crippen LogP contribution in [0.3, 0.4) is 0 Å². The molecule has 3 saturated carbocycles. The molecule has 0 atom stereocenters. The maximum Gasteiger partial charge on any atom is 0.339 e. The minimum Gasteiger partial charge on any atom is -0.442 e. The first-order valence-corrected chi connectivity index (χ1v) is 20.4. The molecule has 0 bridgehead atoms. The zero-order valence-corrected chi connectivity index (χ0v) is 33.3. The number of benzene rings is 3. The minimum absolute atomic E-state index is 0.164. The van der Waals surface area contributed by atoms with Crippen LogP contribution in [0.1, 0.15) is 122 Å². The van der Waals surface area contributed by atoms with Crippen molar-refractivity contribution in [2.24, 2.45) is 23.7 Å². The maximum atomic E-state index is 13.9. The molecule has 3 aromatic rings. The Hall–Kier alpha value is -6.48. The number of hydrogen-bond acceptors (Lipinski definition) is 8. The first kappa shape index (κ1) is 42.1. The van der Waals surface area contributed by atoms with E-state index >= 15 is 0 Å². The van der Waals surface area contributed by atoms with Crippen LogP contribution in [-0.2, 0) is 28.6 Å². The van der Waals surface area contributed by atoms with Gasteiger partial charge in [-0.2, -0.15) is 0 Å². The molecule has 0 radical (unpaired) electrons. The van der Waals surface area contributed by atoms with E-state index in [0.29, 0.717) is 50.4 Å². The van der Waals surface area contributed by atoms with Gasteiger partial charge in [-0.15, -0.1) is 12.8 Å². The first-order chi connectivity index (χ1) is 28.7. The number of carbonyl (C=O) groups excluding carboxylic acids is 4. The number of ether oxygens (including phenoxy) is 4. The summed E-state index contributed by atoms with van der Waals surface area (Å²) in [7, 11) is 0. The van der Waals surface area contributed by atoms with Crippen molar-refractivity contribution in [3.8, 4) is 54.1 Å². The summed E-state index contributed by atoms with van der Waals surface area (Å²) in [4.78, 5) is 50.6. The number of esters is 4. The molecule has 0 N–H and O–H groups in total. The first-order valence-electron chi connectivity index (χ1n) is 20.4. The molecule has 8 nitrogen and oxygen atoms in total. The third-order valence-corrected chi connectivity index (χ3v) is 11.7. The summed E-state index contributed by atoms with van der Waals surface area (Å²) < 4.78 is 21.8. The van der Waals surface area contributed by atoms with Gasteiger partial charge in [0.15, 0.2) is 5.60 Å². The molecule has 0 amide bonds. The van der Waals surface area contributed by atoms with Crippen LogP contribution in [0, 0.1) is 72.0 Å². The fraction of sp³-hybridized carbons (Fsp3) is 0.373. The van der Waals surface area contributed by atoms with Crippen LogP contribution in [-0.4, -0.2) is 36.3 Å². The highest BCUT2D eigenvalue weighted by atomic mass is 16.7. The minimum atomic E-state index is -0.978. The Morgan fingerprint density at radius 1 is 0.661 bits per heavy atom. The maximum absolute atomic E-state index is 13.9. The third-order valence-electron chi connectivity index (χ3n) is 11.7. The SMILES string of the molecule is C#Cc1ccc(C#Cc2ccc(C#CC3(OC(=O)c4ccc(OC(=O)C5CCC(C(=O)OCOC(=O)C=C)CC5)c(C#C)c4)CCC(C4CCCCC4)CC3)cc2)cc1. The third kappa shape index (κ3) is 11.6. The molecule has 0 unspecified atom stereocenters. The molecular formula is C51H48O8. The molecule has 6 rings (SSSR count). The predicted molar refractivity (Wildman–Crippen MR) is 223 cm³/mol. The molecule has 3 aliphatic carbocycles. The lowest BCUT2D eigenvalue weighted by molar-refractivity contribution is -0.169. The Labute approximate surface area is 347 Å². The topological polar surface area (TPSA) is 105 Å². The average Bonchev–Trinajstić information content (AvgIpc) is 3.28. The number of hydrogen-bond donors (Lipinski definition) is 0. The van der Waals surface area contributed by atoms with Crippen molar-refractivity contribution in [1.82, 2.24) is 0 Å². The van der Waals surface area contributed by atoms with Gasteiger partial charge in [0.2, 0.25) is 6.79 Å². The van der Waals surface area contributed by atoms with Gasteiger partial charge in [-0.25, -0.2) is 9.59 Å². The number of terminal acetylenes is 2. The Bertz CT molecular complexity index is 2220. The van der Waals surface area contributed by atoms with E-state index in [-0.39, 0.29) is 16.9 Å². The molecule has 300 valence electrons. The van der Waals surface area contributed by atoms with Crippen LogP contribution in [0.4, 0.5) is 0 Å². The Balaban J connectivity index is 1.11. The van der Waals surface area contributed by atoms with Gasteiger partial charge < -0.3 is 18.9 Å². The smallest absolute Gasteiger partial charge is 0.339 e. The lowest BCUT2D eigenvalue weighted by atomic mass is 9.69. The van der Waals surface area contributed by atoms with Gasteiger partial charge in [-0.1, -0.05) is 68.3 Å². The highest BCUT2D eigenvalue weighted by Crippen LogP contribution is 2.43. The van der Waals surface area contributed by atoms with E-state index in [0.717, 1.165) is 41.2 Å².